The molecule has 6 N–H and O–H groups in total. The molecular weight excluding hydrogens is 216 g/mol. The lowest BCUT2D eigenvalue weighted by Gasteiger charge is -2.08. The molecule has 0 atom stereocenters. The molecule has 0 spiro atoms. The second-order valence-electron chi connectivity index (χ2n) is 2.41. The third kappa shape index (κ3) is 5.90. The Morgan fingerprint density at radius 2 is 1.00 bits per heavy atom. The van der Waals surface area contributed by atoms with Crippen LogP contribution in [-0.4, -0.2) is 42.8 Å². The van der Waals surface area contributed by atoms with Crippen LogP contribution in [0.5, 0.6) is 0 Å². The van der Waals surface area contributed by atoms with Crippen LogP contribution in [0.15, 0.2) is 0 Å². The quantitative estimate of drug-likeness (QED) is 0.548. The zero-order valence-corrected chi connectivity index (χ0v) is 9.38. The van der Waals surface area contributed by atoms with Gasteiger partial charge in [0.1, 0.15) is 0 Å². The van der Waals surface area contributed by atoms with E-state index in [0.29, 0.717) is 0 Å². The van der Waals surface area contributed by atoms with E-state index in [2.05, 4.69) is 29.2 Å². The van der Waals surface area contributed by atoms with E-state index < -0.39 is 6.48 Å². The van der Waals surface area contributed by atoms with Gasteiger partial charge < -0.3 is 31.4 Å². The number of nitrogen functional groups attached to an aromatic ring is 3. The van der Waals surface area contributed by atoms with Crippen molar-refractivity contribution in [1.82, 2.24) is 15.0 Å². The average molecular weight is 232 g/mol. The van der Waals surface area contributed by atoms with Crippen molar-refractivity contribution in [2.45, 2.75) is 6.48 Å². The second-order valence-corrected chi connectivity index (χ2v) is 2.41. The van der Waals surface area contributed by atoms with Crippen LogP contribution in [0.25, 0.3) is 0 Å². The van der Waals surface area contributed by atoms with Gasteiger partial charge in [-0.25, -0.2) is 0 Å². The molecule has 16 heavy (non-hydrogen) atoms. The standard InChI is InChI=1S/C4H10O3.C3H6N6/c1-5-4(6-2)7-3;4-1-7-2(5)9-3(6)8-1/h4H,1-3H3;(H6,4,5,6,7,8,9). The summed E-state index contributed by atoms with van der Waals surface area (Å²) in [6.45, 7) is -0.514. The Bertz CT molecular complexity index is 250. The van der Waals surface area contributed by atoms with Gasteiger partial charge in [-0.1, -0.05) is 0 Å². The summed E-state index contributed by atoms with van der Waals surface area (Å²) in [6.07, 6.45) is 0. The van der Waals surface area contributed by atoms with Crippen LogP contribution in [0.4, 0.5) is 17.8 Å². The average Bonchev–Trinajstić information content (AvgIpc) is 2.19. The molecule has 0 aromatic carbocycles. The highest BCUT2D eigenvalue weighted by Crippen LogP contribution is 1.97. The predicted octanol–water partition coefficient (Wildman–Crippen LogP) is -1.17. The molecule has 0 fully saturated rings. The number of anilines is 3. The molecule has 1 aromatic rings. The van der Waals surface area contributed by atoms with Gasteiger partial charge >= 0.3 is 0 Å². The highest BCUT2D eigenvalue weighted by atomic mass is 16.8. The lowest BCUT2D eigenvalue weighted by molar-refractivity contribution is -0.252. The summed E-state index contributed by atoms with van der Waals surface area (Å²) >= 11 is 0. The highest BCUT2D eigenvalue weighted by molar-refractivity contribution is 5.33. The molecule has 0 aliphatic rings. The minimum Gasteiger partial charge on any atom is -0.368 e. The molecule has 1 heterocycles. The van der Waals surface area contributed by atoms with Crippen LogP contribution in [-0.2, 0) is 14.2 Å². The van der Waals surface area contributed by atoms with E-state index in [0.717, 1.165) is 0 Å². The molecule has 0 radical (unpaired) electrons. The van der Waals surface area contributed by atoms with Crippen molar-refractivity contribution in [2.24, 2.45) is 0 Å². The van der Waals surface area contributed by atoms with Gasteiger partial charge in [0.05, 0.1) is 0 Å². The minimum absolute atomic E-state index is 0.0417. The van der Waals surface area contributed by atoms with Crippen molar-refractivity contribution < 1.29 is 14.2 Å². The smallest absolute Gasteiger partial charge is 0.270 e. The van der Waals surface area contributed by atoms with E-state index in [-0.39, 0.29) is 17.8 Å². The first-order valence-corrected chi connectivity index (χ1v) is 4.14. The van der Waals surface area contributed by atoms with Crippen LogP contribution < -0.4 is 17.2 Å². The summed E-state index contributed by atoms with van der Waals surface area (Å²) in [6, 6.07) is 0. The number of nitrogens with zero attached hydrogens (tertiary/aromatic N) is 3. The SMILES string of the molecule is COC(OC)OC.Nc1nc(N)nc(N)n1. The normalized spacial score (nSPS) is 9.75. The molecule has 92 valence electrons. The maximum absolute atomic E-state index is 5.14. The largest absolute Gasteiger partial charge is 0.368 e. The van der Waals surface area contributed by atoms with Crippen molar-refractivity contribution in [3.63, 3.8) is 0 Å². The Balaban J connectivity index is 0.000000293. The van der Waals surface area contributed by atoms with Gasteiger partial charge in [0.25, 0.3) is 6.48 Å². The van der Waals surface area contributed by atoms with Crippen LogP contribution in [0.3, 0.4) is 0 Å². The van der Waals surface area contributed by atoms with Gasteiger partial charge in [0, 0.05) is 21.3 Å². The van der Waals surface area contributed by atoms with E-state index >= 15 is 0 Å². The third-order valence-corrected chi connectivity index (χ3v) is 1.26. The summed E-state index contributed by atoms with van der Waals surface area (Å²) in [5.74, 6) is 0.125. The molecule has 0 amide bonds. The van der Waals surface area contributed by atoms with Crippen LogP contribution in [0, 0.1) is 0 Å². The number of hydrogen-bond donors (Lipinski definition) is 3. The molecule has 0 unspecified atom stereocenters. The minimum atomic E-state index is -0.514. The second kappa shape index (κ2) is 7.56. The lowest BCUT2D eigenvalue weighted by Crippen LogP contribution is -2.14. The predicted molar refractivity (Wildman–Crippen MR) is 57.9 cm³/mol. The molecule has 0 bridgehead atoms. The van der Waals surface area contributed by atoms with Crippen LogP contribution in [0.1, 0.15) is 0 Å². The van der Waals surface area contributed by atoms with Gasteiger partial charge in [0.15, 0.2) is 0 Å². The van der Waals surface area contributed by atoms with Gasteiger partial charge in [0.2, 0.25) is 17.8 Å². The zero-order chi connectivity index (χ0) is 12.6. The van der Waals surface area contributed by atoms with Crippen molar-refractivity contribution >= 4 is 17.8 Å². The van der Waals surface area contributed by atoms with Crippen LogP contribution in [0.2, 0.25) is 0 Å². The number of aromatic nitrogens is 3. The Morgan fingerprint density at radius 3 is 1.12 bits per heavy atom. The first-order chi connectivity index (χ1) is 7.53. The Hall–Kier alpha value is -1.71. The van der Waals surface area contributed by atoms with E-state index in [1.54, 1.807) is 0 Å². The fourth-order valence-electron chi connectivity index (χ4n) is 0.716. The maximum atomic E-state index is 5.14. The van der Waals surface area contributed by atoms with Gasteiger partial charge in [-0.2, -0.15) is 15.0 Å². The van der Waals surface area contributed by atoms with Crippen molar-refractivity contribution in [1.29, 1.82) is 0 Å². The van der Waals surface area contributed by atoms with E-state index in [9.17, 15) is 0 Å². The molecule has 9 nitrogen and oxygen atoms in total. The first kappa shape index (κ1) is 14.3. The summed E-state index contributed by atoms with van der Waals surface area (Å²) in [5.41, 5.74) is 15.4. The van der Waals surface area contributed by atoms with Crippen LogP contribution >= 0.6 is 0 Å². The summed E-state index contributed by atoms with van der Waals surface area (Å²) < 4.78 is 13.8. The molecule has 1 rings (SSSR count). The zero-order valence-electron chi connectivity index (χ0n) is 9.38. The Labute approximate surface area is 92.9 Å². The molecule has 0 saturated heterocycles. The first-order valence-electron chi connectivity index (χ1n) is 4.14. The third-order valence-electron chi connectivity index (χ3n) is 1.26. The fraction of sp³-hybridized carbons (Fsp3) is 0.571. The molecule has 9 heteroatoms. The maximum Gasteiger partial charge on any atom is 0.270 e. The number of nitrogens with two attached hydrogens (primary N) is 3. The van der Waals surface area contributed by atoms with Crippen molar-refractivity contribution in [3.8, 4) is 0 Å². The van der Waals surface area contributed by atoms with Crippen molar-refractivity contribution in [2.75, 3.05) is 38.5 Å². The van der Waals surface area contributed by atoms with E-state index in [4.69, 9.17) is 17.2 Å². The molecular formula is C7H16N6O3. The summed E-state index contributed by atoms with van der Waals surface area (Å²) in [7, 11) is 4.53. The van der Waals surface area contributed by atoms with E-state index in [1.807, 2.05) is 0 Å². The Kier molecular flexibility index (Phi) is 6.76. The molecule has 0 aliphatic carbocycles. The number of ether oxygens (including phenoxy) is 3. The van der Waals surface area contributed by atoms with Gasteiger partial charge in [-0.05, 0) is 0 Å². The topological polar surface area (TPSA) is 144 Å². The van der Waals surface area contributed by atoms with Crippen molar-refractivity contribution in [3.05, 3.63) is 0 Å². The van der Waals surface area contributed by atoms with Gasteiger partial charge in [-0.3, -0.25) is 0 Å². The molecule has 0 saturated carbocycles. The summed E-state index contributed by atoms with van der Waals surface area (Å²) in [4.78, 5) is 10.5. The number of hydrogen-bond acceptors (Lipinski definition) is 9. The molecule has 0 aliphatic heterocycles. The monoisotopic (exact) mass is 232 g/mol. The summed E-state index contributed by atoms with van der Waals surface area (Å²) in [5, 5.41) is 0. The highest BCUT2D eigenvalue weighted by Gasteiger charge is 1.97. The Morgan fingerprint density at radius 1 is 0.750 bits per heavy atom. The number of rotatable bonds is 3. The molecule has 1 aromatic heterocycles. The lowest BCUT2D eigenvalue weighted by atomic mass is 10.9. The fourth-order valence-corrected chi connectivity index (χ4v) is 0.716. The van der Waals surface area contributed by atoms with E-state index in [1.165, 1.54) is 21.3 Å². The number of methoxy groups -OCH3 is 3. The van der Waals surface area contributed by atoms with Gasteiger partial charge in [-0.15, -0.1) is 0 Å².